The van der Waals surface area contributed by atoms with Crippen molar-refractivity contribution in [1.82, 2.24) is 5.32 Å². The Morgan fingerprint density at radius 3 is 2.86 bits per heavy atom. The zero-order valence-electron chi connectivity index (χ0n) is 8.03. The summed E-state index contributed by atoms with van der Waals surface area (Å²) in [4.78, 5) is 1.19. The highest BCUT2D eigenvalue weighted by atomic mass is 32.1. The van der Waals surface area contributed by atoms with Gasteiger partial charge in [-0.05, 0) is 24.6 Å². The number of hydrogen-bond donors (Lipinski definition) is 2. The summed E-state index contributed by atoms with van der Waals surface area (Å²) in [7, 11) is 1.87. The first-order valence-electron chi connectivity index (χ1n) is 4.61. The zero-order valence-corrected chi connectivity index (χ0v) is 8.84. The van der Waals surface area contributed by atoms with E-state index in [4.69, 9.17) is 5.11 Å². The maximum Gasteiger partial charge on any atom is 0.0647 e. The Morgan fingerprint density at radius 2 is 2.21 bits per heavy atom. The number of fused-ring (bicyclic) bond motifs is 1. The van der Waals surface area contributed by atoms with Crippen LogP contribution >= 0.6 is 11.3 Å². The smallest absolute Gasteiger partial charge is 0.0647 e. The largest absolute Gasteiger partial charge is 0.394 e. The van der Waals surface area contributed by atoms with Gasteiger partial charge in [0.05, 0.1) is 12.6 Å². The van der Waals surface area contributed by atoms with E-state index in [0.717, 1.165) is 0 Å². The molecule has 0 aliphatic rings. The highest BCUT2D eigenvalue weighted by Gasteiger charge is 2.10. The Labute approximate surface area is 87.2 Å². The fourth-order valence-electron chi connectivity index (χ4n) is 1.50. The Morgan fingerprint density at radius 1 is 1.43 bits per heavy atom. The topological polar surface area (TPSA) is 32.3 Å². The molecule has 0 aliphatic carbocycles. The number of aliphatic hydroxyl groups excluding tert-OH is 1. The molecule has 2 nitrogen and oxygen atoms in total. The lowest BCUT2D eigenvalue weighted by atomic mass is 10.2. The molecule has 2 aromatic rings. The minimum atomic E-state index is 0.0624. The summed E-state index contributed by atoms with van der Waals surface area (Å²) in [5.41, 5.74) is 0. The van der Waals surface area contributed by atoms with Gasteiger partial charge in [-0.15, -0.1) is 11.3 Å². The van der Waals surface area contributed by atoms with Gasteiger partial charge in [-0.3, -0.25) is 0 Å². The van der Waals surface area contributed by atoms with E-state index in [2.05, 4.69) is 23.5 Å². The number of hydrogen-bond acceptors (Lipinski definition) is 3. The number of nitrogens with one attached hydrogen (secondary N) is 1. The van der Waals surface area contributed by atoms with Crippen molar-refractivity contribution < 1.29 is 5.11 Å². The summed E-state index contributed by atoms with van der Waals surface area (Å²) in [5.74, 6) is 0. The Bertz CT molecular complexity index is 387. The van der Waals surface area contributed by atoms with Crippen molar-refractivity contribution >= 4 is 21.4 Å². The van der Waals surface area contributed by atoms with Crippen molar-refractivity contribution in [2.45, 2.75) is 6.04 Å². The van der Waals surface area contributed by atoms with Gasteiger partial charge in [0, 0.05) is 9.58 Å². The lowest BCUT2D eigenvalue weighted by Gasteiger charge is -2.09. The summed E-state index contributed by atoms with van der Waals surface area (Å²) in [6.07, 6.45) is 0. The first-order valence-corrected chi connectivity index (χ1v) is 5.43. The van der Waals surface area contributed by atoms with Crippen LogP contribution in [0.15, 0.2) is 30.3 Å². The summed E-state index contributed by atoms with van der Waals surface area (Å²) >= 11 is 1.73. The lowest BCUT2D eigenvalue weighted by molar-refractivity contribution is 0.253. The standard InChI is InChI=1S/C11H13NOS/c1-12-9(7-13)11-6-8-4-2-3-5-10(8)14-11/h2-6,9,12-13H,7H2,1H3/t9-/m1/s1. The van der Waals surface area contributed by atoms with Gasteiger partial charge in [-0.25, -0.2) is 0 Å². The third kappa shape index (κ3) is 1.66. The van der Waals surface area contributed by atoms with Gasteiger partial charge < -0.3 is 10.4 Å². The van der Waals surface area contributed by atoms with E-state index in [0.29, 0.717) is 0 Å². The van der Waals surface area contributed by atoms with E-state index < -0.39 is 0 Å². The fourth-order valence-corrected chi connectivity index (χ4v) is 2.66. The first-order chi connectivity index (χ1) is 6.85. The molecule has 0 fully saturated rings. The molecular weight excluding hydrogens is 194 g/mol. The van der Waals surface area contributed by atoms with Gasteiger partial charge in [0.2, 0.25) is 0 Å². The SMILES string of the molecule is CN[C@H](CO)c1cc2ccccc2s1. The molecule has 1 heterocycles. The minimum absolute atomic E-state index is 0.0624. The van der Waals surface area contributed by atoms with Gasteiger partial charge in [0.15, 0.2) is 0 Å². The molecule has 0 bridgehead atoms. The zero-order chi connectivity index (χ0) is 9.97. The number of rotatable bonds is 3. The maximum atomic E-state index is 9.15. The summed E-state index contributed by atoms with van der Waals surface area (Å²) in [6.45, 7) is 0.142. The van der Waals surface area contributed by atoms with Gasteiger partial charge in [0.25, 0.3) is 0 Å². The van der Waals surface area contributed by atoms with Gasteiger partial charge in [0.1, 0.15) is 0 Å². The molecule has 0 saturated heterocycles. The molecule has 14 heavy (non-hydrogen) atoms. The maximum absolute atomic E-state index is 9.15. The number of benzene rings is 1. The highest BCUT2D eigenvalue weighted by molar-refractivity contribution is 7.19. The molecular formula is C11H13NOS. The van der Waals surface area contributed by atoms with E-state index in [9.17, 15) is 0 Å². The summed E-state index contributed by atoms with van der Waals surface area (Å²) < 4.78 is 1.27. The summed E-state index contributed by atoms with van der Waals surface area (Å²) in [5, 5.41) is 13.5. The van der Waals surface area contributed by atoms with Crippen LogP contribution in [0.2, 0.25) is 0 Å². The minimum Gasteiger partial charge on any atom is -0.394 e. The molecule has 0 saturated carbocycles. The van der Waals surface area contributed by atoms with Crippen molar-refractivity contribution in [3.05, 3.63) is 35.2 Å². The van der Waals surface area contributed by atoms with Crippen LogP contribution < -0.4 is 5.32 Å². The van der Waals surface area contributed by atoms with E-state index in [1.54, 1.807) is 11.3 Å². The monoisotopic (exact) mass is 207 g/mol. The number of likely N-dealkylation sites (N-methyl/N-ethyl adjacent to an activating group) is 1. The Kier molecular flexibility index (Phi) is 2.82. The highest BCUT2D eigenvalue weighted by Crippen LogP contribution is 2.29. The Hall–Kier alpha value is -0.900. The van der Waals surface area contributed by atoms with E-state index >= 15 is 0 Å². The van der Waals surface area contributed by atoms with Crippen LogP contribution in [0.1, 0.15) is 10.9 Å². The third-order valence-electron chi connectivity index (χ3n) is 2.32. The predicted octanol–water partition coefficient (Wildman–Crippen LogP) is 2.15. The van der Waals surface area contributed by atoms with Crippen molar-refractivity contribution in [3.63, 3.8) is 0 Å². The summed E-state index contributed by atoms with van der Waals surface area (Å²) in [6, 6.07) is 10.5. The van der Waals surface area contributed by atoms with E-state index in [-0.39, 0.29) is 12.6 Å². The fraction of sp³-hybridized carbons (Fsp3) is 0.273. The van der Waals surface area contributed by atoms with Crippen LogP contribution in [-0.2, 0) is 0 Å². The first kappa shape index (κ1) is 9.65. The second kappa shape index (κ2) is 4.09. The molecule has 74 valence electrons. The van der Waals surface area contributed by atoms with Crippen LogP contribution in [0, 0.1) is 0 Å². The lowest BCUT2D eigenvalue weighted by Crippen LogP contribution is -2.18. The molecule has 2 N–H and O–H groups in total. The van der Waals surface area contributed by atoms with Gasteiger partial charge in [-0.2, -0.15) is 0 Å². The van der Waals surface area contributed by atoms with Crippen molar-refractivity contribution in [1.29, 1.82) is 0 Å². The average molecular weight is 207 g/mol. The second-order valence-corrected chi connectivity index (χ2v) is 4.33. The van der Waals surface area contributed by atoms with Crippen molar-refractivity contribution in [2.24, 2.45) is 0 Å². The molecule has 0 amide bonds. The molecule has 0 unspecified atom stereocenters. The molecule has 0 radical (unpaired) electrons. The number of aliphatic hydroxyl groups is 1. The second-order valence-electron chi connectivity index (χ2n) is 3.21. The quantitative estimate of drug-likeness (QED) is 0.808. The predicted molar refractivity (Wildman–Crippen MR) is 60.7 cm³/mol. The van der Waals surface area contributed by atoms with Crippen LogP contribution in [-0.4, -0.2) is 18.8 Å². The molecule has 0 spiro atoms. The molecule has 0 aliphatic heterocycles. The van der Waals surface area contributed by atoms with Gasteiger partial charge in [-0.1, -0.05) is 18.2 Å². The van der Waals surface area contributed by atoms with Crippen LogP contribution in [0.5, 0.6) is 0 Å². The third-order valence-corrected chi connectivity index (χ3v) is 3.55. The molecule has 2 rings (SSSR count). The van der Waals surface area contributed by atoms with Crippen LogP contribution in [0.25, 0.3) is 10.1 Å². The molecule has 3 heteroatoms. The molecule has 1 aromatic carbocycles. The molecule has 1 aromatic heterocycles. The van der Waals surface area contributed by atoms with E-state index in [1.165, 1.54) is 15.0 Å². The number of thiophene rings is 1. The van der Waals surface area contributed by atoms with Crippen LogP contribution in [0.4, 0.5) is 0 Å². The normalized spacial score (nSPS) is 13.3. The van der Waals surface area contributed by atoms with Crippen molar-refractivity contribution in [3.8, 4) is 0 Å². The van der Waals surface area contributed by atoms with Crippen LogP contribution in [0.3, 0.4) is 0 Å². The Balaban J connectivity index is 2.43. The van der Waals surface area contributed by atoms with Gasteiger partial charge >= 0.3 is 0 Å². The molecule has 1 atom stereocenters. The van der Waals surface area contributed by atoms with Crippen molar-refractivity contribution in [2.75, 3.05) is 13.7 Å². The van der Waals surface area contributed by atoms with E-state index in [1.807, 2.05) is 19.2 Å². The average Bonchev–Trinajstić information content (AvgIpc) is 2.63.